The first-order valence-corrected chi connectivity index (χ1v) is 10.1. The summed E-state index contributed by atoms with van der Waals surface area (Å²) in [5, 5.41) is 0.685. The summed E-state index contributed by atoms with van der Waals surface area (Å²) in [6, 6.07) is 10.7. The van der Waals surface area contributed by atoms with E-state index in [1.54, 1.807) is 44.6 Å². The van der Waals surface area contributed by atoms with Crippen molar-refractivity contribution in [1.29, 1.82) is 0 Å². The van der Waals surface area contributed by atoms with E-state index in [2.05, 4.69) is 0 Å². The average Bonchev–Trinajstić information content (AvgIpc) is 2.71. The molecule has 29 heavy (non-hydrogen) atoms. The van der Waals surface area contributed by atoms with E-state index < -0.39 is 0 Å². The molecule has 0 radical (unpaired) electrons. The van der Waals surface area contributed by atoms with E-state index in [1.807, 2.05) is 12.1 Å². The van der Waals surface area contributed by atoms with Crippen LogP contribution < -0.4 is 23.7 Å². The van der Waals surface area contributed by atoms with Gasteiger partial charge in [0.25, 0.3) is 0 Å². The number of hydrogen-bond donors (Lipinski definition) is 0. The van der Waals surface area contributed by atoms with Gasteiger partial charge in [0.15, 0.2) is 11.5 Å². The lowest BCUT2D eigenvalue weighted by atomic mass is 10.2. The van der Waals surface area contributed by atoms with Gasteiger partial charge < -0.3 is 23.7 Å². The quantitative estimate of drug-likeness (QED) is 0.347. The summed E-state index contributed by atoms with van der Waals surface area (Å²) in [6.45, 7) is 1.30. The van der Waals surface area contributed by atoms with Crippen molar-refractivity contribution >= 4 is 34.8 Å². The van der Waals surface area contributed by atoms with Crippen LogP contribution >= 0.6 is 34.8 Å². The molecule has 0 heterocycles. The molecule has 2 aromatic rings. The molecule has 0 fully saturated rings. The van der Waals surface area contributed by atoms with E-state index in [0.717, 1.165) is 18.6 Å². The van der Waals surface area contributed by atoms with Crippen LogP contribution in [0.4, 0.5) is 0 Å². The molecule has 0 unspecified atom stereocenters. The standard InChI is InChI=1S/C21H23Cl3O5/c1-25-18-13-17(28-12-9-20(23)24)14-19(26-2)21(18)29-11-4-3-10-27-16-7-5-15(22)6-8-16/h5-9,13-14H,3-4,10-12H2,1-2H3. The zero-order valence-electron chi connectivity index (χ0n) is 16.3. The zero-order chi connectivity index (χ0) is 21.1. The highest BCUT2D eigenvalue weighted by Crippen LogP contribution is 2.41. The summed E-state index contributed by atoms with van der Waals surface area (Å²) < 4.78 is 28.1. The Kier molecular flexibility index (Phi) is 10.1. The molecule has 0 aromatic heterocycles. The first kappa shape index (κ1) is 23.3. The van der Waals surface area contributed by atoms with Crippen molar-refractivity contribution < 1.29 is 23.7 Å². The predicted molar refractivity (Wildman–Crippen MR) is 117 cm³/mol. The van der Waals surface area contributed by atoms with Crippen molar-refractivity contribution in [2.45, 2.75) is 12.8 Å². The van der Waals surface area contributed by atoms with Crippen molar-refractivity contribution in [2.75, 3.05) is 34.0 Å². The summed E-state index contributed by atoms with van der Waals surface area (Å²) in [7, 11) is 3.11. The molecule has 0 saturated carbocycles. The van der Waals surface area contributed by atoms with E-state index in [9.17, 15) is 0 Å². The van der Waals surface area contributed by atoms with E-state index in [1.165, 1.54) is 0 Å². The maximum Gasteiger partial charge on any atom is 0.203 e. The first-order chi connectivity index (χ1) is 14.0. The highest BCUT2D eigenvalue weighted by atomic mass is 35.5. The van der Waals surface area contributed by atoms with Crippen LogP contribution in [-0.4, -0.2) is 34.0 Å². The molecule has 0 N–H and O–H groups in total. The first-order valence-electron chi connectivity index (χ1n) is 8.94. The Morgan fingerprint density at radius 1 is 0.828 bits per heavy atom. The molecule has 0 amide bonds. The molecule has 0 aliphatic heterocycles. The van der Waals surface area contributed by atoms with Gasteiger partial charge >= 0.3 is 0 Å². The smallest absolute Gasteiger partial charge is 0.203 e. The minimum Gasteiger partial charge on any atom is -0.494 e. The molecule has 0 spiro atoms. The van der Waals surface area contributed by atoms with E-state index >= 15 is 0 Å². The summed E-state index contributed by atoms with van der Waals surface area (Å²) in [4.78, 5) is 0. The fourth-order valence-electron chi connectivity index (χ4n) is 2.38. The Balaban J connectivity index is 1.85. The summed E-state index contributed by atoms with van der Waals surface area (Å²) in [6.07, 6.45) is 3.18. The van der Waals surface area contributed by atoms with Gasteiger partial charge in [-0.05, 0) is 43.2 Å². The monoisotopic (exact) mass is 460 g/mol. The molecule has 0 saturated heterocycles. The number of benzene rings is 2. The normalized spacial score (nSPS) is 10.2. The largest absolute Gasteiger partial charge is 0.494 e. The van der Waals surface area contributed by atoms with Crippen LogP contribution in [0.5, 0.6) is 28.7 Å². The third-order valence-electron chi connectivity index (χ3n) is 3.79. The number of unbranched alkanes of at least 4 members (excludes halogenated alkanes) is 1. The molecule has 5 nitrogen and oxygen atoms in total. The lowest BCUT2D eigenvalue weighted by Gasteiger charge is -2.16. The maximum atomic E-state index is 5.88. The third-order valence-corrected chi connectivity index (χ3v) is 4.35. The van der Waals surface area contributed by atoms with Gasteiger partial charge in [0.05, 0.1) is 27.4 Å². The second-order valence-electron chi connectivity index (χ2n) is 5.82. The van der Waals surface area contributed by atoms with E-state index in [4.69, 9.17) is 58.5 Å². The maximum absolute atomic E-state index is 5.88. The second kappa shape index (κ2) is 12.6. The van der Waals surface area contributed by atoms with Gasteiger partial charge in [-0.3, -0.25) is 0 Å². The van der Waals surface area contributed by atoms with Gasteiger partial charge in [0.1, 0.15) is 22.6 Å². The van der Waals surface area contributed by atoms with Crippen molar-refractivity contribution in [2.24, 2.45) is 0 Å². The lowest BCUT2D eigenvalue weighted by Crippen LogP contribution is -2.05. The van der Waals surface area contributed by atoms with Crippen molar-refractivity contribution in [3.8, 4) is 28.7 Å². The summed E-state index contributed by atoms with van der Waals surface area (Å²) >= 11 is 17.0. The molecule has 0 bridgehead atoms. The molecule has 8 heteroatoms. The number of rotatable bonds is 12. The Hall–Kier alpha value is -1.95. The molecule has 158 valence electrons. The van der Waals surface area contributed by atoms with Crippen molar-refractivity contribution in [1.82, 2.24) is 0 Å². The minimum absolute atomic E-state index is 0.143. The Morgan fingerprint density at radius 3 is 1.97 bits per heavy atom. The van der Waals surface area contributed by atoms with Gasteiger partial charge in [0, 0.05) is 17.2 Å². The van der Waals surface area contributed by atoms with Gasteiger partial charge in [0.2, 0.25) is 5.75 Å². The summed E-state index contributed by atoms with van der Waals surface area (Å²) in [5.74, 6) is 2.88. The fraction of sp³-hybridized carbons (Fsp3) is 0.333. The van der Waals surface area contributed by atoms with Crippen LogP contribution in [0, 0.1) is 0 Å². The molecular formula is C21H23Cl3O5. The van der Waals surface area contributed by atoms with E-state index in [0.29, 0.717) is 41.2 Å². The highest BCUT2D eigenvalue weighted by Gasteiger charge is 2.15. The Labute approximate surface area is 186 Å². The van der Waals surface area contributed by atoms with Gasteiger partial charge in [-0.2, -0.15) is 0 Å². The minimum atomic E-state index is 0.143. The van der Waals surface area contributed by atoms with Crippen LogP contribution in [0.2, 0.25) is 5.02 Å². The lowest BCUT2D eigenvalue weighted by molar-refractivity contribution is 0.247. The number of hydrogen-bond acceptors (Lipinski definition) is 5. The number of methoxy groups -OCH3 is 2. The van der Waals surface area contributed by atoms with Gasteiger partial charge in [-0.25, -0.2) is 0 Å². The third kappa shape index (κ3) is 8.13. The predicted octanol–water partition coefficient (Wildman–Crippen LogP) is 6.29. The molecular weight excluding hydrogens is 439 g/mol. The summed E-state index contributed by atoms with van der Waals surface area (Å²) in [5.41, 5.74) is 0. The Bertz CT molecular complexity index is 764. The number of ether oxygens (including phenoxy) is 5. The second-order valence-corrected chi connectivity index (χ2v) is 7.26. The molecule has 0 atom stereocenters. The van der Waals surface area contributed by atoms with Crippen LogP contribution in [0.15, 0.2) is 47.0 Å². The van der Waals surface area contributed by atoms with Gasteiger partial charge in [-0.15, -0.1) is 0 Å². The molecule has 0 aliphatic carbocycles. The van der Waals surface area contributed by atoms with Crippen LogP contribution in [0.3, 0.4) is 0 Å². The fourth-order valence-corrected chi connectivity index (χ4v) is 2.63. The molecule has 0 aliphatic rings. The molecule has 2 rings (SSSR count). The highest BCUT2D eigenvalue weighted by molar-refractivity contribution is 6.55. The average molecular weight is 462 g/mol. The van der Waals surface area contributed by atoms with Gasteiger partial charge in [-0.1, -0.05) is 34.8 Å². The SMILES string of the molecule is COc1cc(OCC=C(Cl)Cl)cc(OC)c1OCCCCOc1ccc(Cl)cc1. The zero-order valence-corrected chi connectivity index (χ0v) is 18.5. The van der Waals surface area contributed by atoms with E-state index in [-0.39, 0.29) is 11.1 Å². The van der Waals surface area contributed by atoms with Crippen molar-refractivity contribution in [3.05, 3.63) is 52.0 Å². The van der Waals surface area contributed by atoms with Crippen molar-refractivity contribution in [3.63, 3.8) is 0 Å². The van der Waals surface area contributed by atoms with Crippen LogP contribution in [0.1, 0.15) is 12.8 Å². The van der Waals surface area contributed by atoms with Crippen LogP contribution in [-0.2, 0) is 0 Å². The van der Waals surface area contributed by atoms with Crippen LogP contribution in [0.25, 0.3) is 0 Å². The number of halogens is 3. The molecule has 2 aromatic carbocycles. The Morgan fingerprint density at radius 2 is 1.41 bits per heavy atom. The topological polar surface area (TPSA) is 46.2 Å².